The van der Waals surface area contributed by atoms with E-state index >= 15 is 0 Å². The van der Waals surface area contributed by atoms with Crippen LogP contribution in [0.1, 0.15) is 40.5 Å². The van der Waals surface area contributed by atoms with Gasteiger partial charge in [0.05, 0.1) is 0 Å². The second-order valence-electron chi connectivity index (χ2n) is 5.57. The number of aliphatic carboxylic acids is 1. The Bertz CT molecular complexity index is 301. The van der Waals surface area contributed by atoms with Gasteiger partial charge < -0.3 is 10.0 Å². The average Bonchev–Trinajstić information content (AvgIpc) is 2.39. The van der Waals surface area contributed by atoms with Gasteiger partial charge in [-0.05, 0) is 31.1 Å². The molecule has 1 amide bonds. The first kappa shape index (κ1) is 13.0. The molecule has 1 fully saturated rings. The molecule has 1 aliphatic rings. The van der Waals surface area contributed by atoms with Gasteiger partial charge >= 0.3 is 5.97 Å². The summed E-state index contributed by atoms with van der Waals surface area (Å²) in [5.74, 6) is -0.885. The van der Waals surface area contributed by atoms with E-state index in [1.54, 1.807) is 0 Å². The summed E-state index contributed by atoms with van der Waals surface area (Å²) in [6.45, 7) is 8.31. The molecule has 1 saturated carbocycles. The number of nitrogens with zero attached hydrogens (tertiary/aromatic N) is 1. The van der Waals surface area contributed by atoms with E-state index in [2.05, 4.69) is 13.8 Å². The van der Waals surface area contributed by atoms with Gasteiger partial charge in [0.25, 0.3) is 0 Å². The SMILES string of the molecule is CCN(C=O)C1(C(=O)O)CC(C)(C)CC1C. The van der Waals surface area contributed by atoms with Crippen LogP contribution in [0.15, 0.2) is 0 Å². The van der Waals surface area contributed by atoms with E-state index in [0.717, 1.165) is 6.42 Å². The Morgan fingerprint density at radius 1 is 1.56 bits per heavy atom. The summed E-state index contributed by atoms with van der Waals surface area (Å²) in [6, 6.07) is 0. The Balaban J connectivity index is 3.17. The Hall–Kier alpha value is -1.06. The van der Waals surface area contributed by atoms with Crippen LogP contribution in [0, 0.1) is 11.3 Å². The van der Waals surface area contributed by atoms with E-state index in [1.165, 1.54) is 4.90 Å². The molecule has 4 nitrogen and oxygen atoms in total. The van der Waals surface area contributed by atoms with Crippen LogP contribution in [0.2, 0.25) is 0 Å². The van der Waals surface area contributed by atoms with Gasteiger partial charge in [0.2, 0.25) is 6.41 Å². The van der Waals surface area contributed by atoms with E-state index in [0.29, 0.717) is 19.4 Å². The van der Waals surface area contributed by atoms with Crippen molar-refractivity contribution in [2.24, 2.45) is 11.3 Å². The number of amides is 1. The Morgan fingerprint density at radius 3 is 2.38 bits per heavy atom. The molecule has 4 heteroatoms. The highest BCUT2D eigenvalue weighted by Gasteiger charge is 2.56. The second-order valence-corrected chi connectivity index (χ2v) is 5.57. The van der Waals surface area contributed by atoms with Gasteiger partial charge in [0, 0.05) is 6.54 Å². The quantitative estimate of drug-likeness (QED) is 0.744. The van der Waals surface area contributed by atoms with Gasteiger partial charge in [0.1, 0.15) is 5.54 Å². The van der Waals surface area contributed by atoms with Gasteiger partial charge in [-0.2, -0.15) is 0 Å². The van der Waals surface area contributed by atoms with Crippen LogP contribution < -0.4 is 0 Å². The molecular formula is C12H21NO3. The van der Waals surface area contributed by atoms with Gasteiger partial charge in [-0.3, -0.25) is 4.79 Å². The van der Waals surface area contributed by atoms with Crippen LogP contribution in [0.4, 0.5) is 0 Å². The van der Waals surface area contributed by atoms with Crippen LogP contribution in [0.25, 0.3) is 0 Å². The molecular weight excluding hydrogens is 206 g/mol. The second kappa shape index (κ2) is 4.07. The minimum atomic E-state index is -1.01. The third-order valence-corrected chi connectivity index (χ3v) is 3.77. The smallest absolute Gasteiger partial charge is 0.329 e. The Kier molecular flexibility index (Phi) is 3.31. The lowest BCUT2D eigenvalue weighted by Crippen LogP contribution is -2.56. The van der Waals surface area contributed by atoms with Crippen molar-refractivity contribution in [1.82, 2.24) is 4.90 Å². The summed E-state index contributed by atoms with van der Waals surface area (Å²) in [5, 5.41) is 9.50. The fraction of sp³-hybridized carbons (Fsp3) is 0.833. The molecule has 0 spiro atoms. The third-order valence-electron chi connectivity index (χ3n) is 3.77. The molecule has 0 aliphatic heterocycles. The number of rotatable bonds is 4. The molecule has 0 aromatic heterocycles. The predicted octanol–water partition coefficient (Wildman–Crippen LogP) is 1.74. The van der Waals surface area contributed by atoms with Crippen molar-refractivity contribution in [2.45, 2.75) is 46.1 Å². The van der Waals surface area contributed by atoms with Crippen molar-refractivity contribution in [1.29, 1.82) is 0 Å². The van der Waals surface area contributed by atoms with Crippen molar-refractivity contribution in [3.63, 3.8) is 0 Å². The van der Waals surface area contributed by atoms with Gasteiger partial charge in [-0.25, -0.2) is 4.79 Å². The number of carboxylic acid groups (broad SMARTS) is 1. The molecule has 0 heterocycles. The van der Waals surface area contributed by atoms with Crippen molar-refractivity contribution in [3.05, 3.63) is 0 Å². The summed E-state index contributed by atoms with van der Waals surface area (Å²) in [4.78, 5) is 24.1. The van der Waals surface area contributed by atoms with E-state index < -0.39 is 11.5 Å². The molecule has 1 aliphatic carbocycles. The molecule has 0 radical (unpaired) electrons. The topological polar surface area (TPSA) is 57.6 Å². The molecule has 0 bridgehead atoms. The lowest BCUT2D eigenvalue weighted by atomic mass is 9.85. The summed E-state index contributed by atoms with van der Waals surface area (Å²) in [6.07, 6.45) is 2.04. The van der Waals surface area contributed by atoms with Crippen molar-refractivity contribution < 1.29 is 14.7 Å². The highest BCUT2D eigenvalue weighted by atomic mass is 16.4. The maximum atomic E-state index is 11.6. The van der Waals surface area contributed by atoms with Gasteiger partial charge in [-0.15, -0.1) is 0 Å². The summed E-state index contributed by atoms with van der Waals surface area (Å²) >= 11 is 0. The maximum Gasteiger partial charge on any atom is 0.329 e. The highest BCUT2D eigenvalue weighted by Crippen LogP contribution is 2.50. The van der Waals surface area contributed by atoms with Crippen LogP contribution >= 0.6 is 0 Å². The molecule has 1 N–H and O–H groups in total. The Morgan fingerprint density at radius 2 is 2.12 bits per heavy atom. The fourth-order valence-electron chi connectivity index (χ4n) is 3.22. The van der Waals surface area contributed by atoms with E-state index in [-0.39, 0.29) is 11.3 Å². The van der Waals surface area contributed by atoms with Gasteiger partial charge in [-0.1, -0.05) is 20.8 Å². The highest BCUT2D eigenvalue weighted by molar-refractivity contribution is 5.82. The van der Waals surface area contributed by atoms with Crippen molar-refractivity contribution >= 4 is 12.4 Å². The largest absolute Gasteiger partial charge is 0.479 e. The lowest BCUT2D eigenvalue weighted by Gasteiger charge is -2.38. The number of hydrogen-bond acceptors (Lipinski definition) is 2. The first-order valence-corrected chi connectivity index (χ1v) is 5.75. The predicted molar refractivity (Wildman–Crippen MR) is 61.0 cm³/mol. The zero-order valence-corrected chi connectivity index (χ0v) is 10.5. The number of hydrogen-bond donors (Lipinski definition) is 1. The lowest BCUT2D eigenvalue weighted by molar-refractivity contribution is -0.158. The zero-order chi connectivity index (χ0) is 12.6. The molecule has 16 heavy (non-hydrogen) atoms. The van der Waals surface area contributed by atoms with Crippen LogP contribution in [0.3, 0.4) is 0 Å². The number of carboxylic acids is 1. The molecule has 0 saturated heterocycles. The summed E-state index contributed by atoms with van der Waals surface area (Å²) in [5.41, 5.74) is -1.03. The van der Waals surface area contributed by atoms with E-state index in [9.17, 15) is 14.7 Å². The normalized spacial score (nSPS) is 32.4. The van der Waals surface area contributed by atoms with Gasteiger partial charge in [0.15, 0.2) is 0 Å². The van der Waals surface area contributed by atoms with Crippen LogP contribution in [-0.4, -0.2) is 34.5 Å². The van der Waals surface area contributed by atoms with E-state index in [1.807, 2.05) is 13.8 Å². The minimum Gasteiger partial charge on any atom is -0.479 e. The number of likely N-dealkylation sites (N-methyl/N-ethyl adjacent to an activating group) is 1. The monoisotopic (exact) mass is 227 g/mol. The molecule has 2 atom stereocenters. The number of carbonyl (C=O) groups excluding carboxylic acids is 1. The first-order chi connectivity index (χ1) is 7.30. The fourth-order valence-corrected chi connectivity index (χ4v) is 3.22. The van der Waals surface area contributed by atoms with E-state index in [4.69, 9.17) is 0 Å². The molecule has 2 unspecified atom stereocenters. The zero-order valence-electron chi connectivity index (χ0n) is 10.5. The van der Waals surface area contributed by atoms with Crippen molar-refractivity contribution in [3.8, 4) is 0 Å². The van der Waals surface area contributed by atoms with Crippen LogP contribution in [0.5, 0.6) is 0 Å². The molecule has 92 valence electrons. The van der Waals surface area contributed by atoms with Crippen LogP contribution in [-0.2, 0) is 9.59 Å². The Labute approximate surface area is 96.6 Å². The maximum absolute atomic E-state index is 11.6. The summed E-state index contributed by atoms with van der Waals surface area (Å²) in [7, 11) is 0. The molecule has 1 rings (SSSR count). The number of carbonyl (C=O) groups is 2. The standard InChI is InChI=1S/C12H21NO3/c1-5-13(8-14)12(10(15)16)7-11(3,4)6-9(12)2/h8-9H,5-7H2,1-4H3,(H,15,16). The third kappa shape index (κ3) is 1.81. The molecule has 0 aromatic carbocycles. The molecule has 0 aromatic rings. The summed E-state index contributed by atoms with van der Waals surface area (Å²) < 4.78 is 0. The first-order valence-electron chi connectivity index (χ1n) is 5.75. The minimum absolute atomic E-state index is 0.00912. The van der Waals surface area contributed by atoms with Crippen molar-refractivity contribution in [2.75, 3.05) is 6.54 Å². The average molecular weight is 227 g/mol.